The Morgan fingerprint density at radius 1 is 1.19 bits per heavy atom. The predicted octanol–water partition coefficient (Wildman–Crippen LogP) is 4.58. The van der Waals surface area contributed by atoms with Crippen molar-refractivity contribution in [3.63, 3.8) is 0 Å². The Kier molecular flexibility index (Phi) is 4.17. The number of hydrogen-bond acceptors (Lipinski definition) is 2. The summed E-state index contributed by atoms with van der Waals surface area (Å²) in [6, 6.07) is 14.1. The Hall–Kier alpha value is -1.52. The van der Waals surface area contributed by atoms with Crippen LogP contribution in [0.5, 0.6) is 5.75 Å². The molecule has 3 aromatic rings. The Bertz CT molecular complexity index is 768. The molecule has 0 saturated heterocycles. The number of rotatable bonds is 4. The second-order valence-electron chi connectivity index (χ2n) is 4.63. The second-order valence-corrected chi connectivity index (χ2v) is 5.93. The van der Waals surface area contributed by atoms with E-state index >= 15 is 0 Å². The van der Waals surface area contributed by atoms with Gasteiger partial charge in [0.1, 0.15) is 11.6 Å². The fourth-order valence-electron chi connectivity index (χ4n) is 2.37. The molecule has 0 spiro atoms. The first-order valence-electron chi connectivity index (χ1n) is 6.60. The van der Waals surface area contributed by atoms with Gasteiger partial charge in [-0.2, -0.15) is 0 Å². The number of halogens is 2. The molecule has 0 aliphatic heterocycles. The quantitative estimate of drug-likeness (QED) is 0.633. The highest BCUT2D eigenvalue weighted by molar-refractivity contribution is 9.10. The van der Waals surface area contributed by atoms with Crippen LogP contribution in [0.1, 0.15) is 5.82 Å². The molecule has 0 radical (unpaired) electrons. The predicted molar refractivity (Wildman–Crippen MR) is 89.7 cm³/mol. The van der Waals surface area contributed by atoms with Crippen LogP contribution < -0.4 is 4.74 Å². The summed E-state index contributed by atoms with van der Waals surface area (Å²) >= 11 is 9.41. The summed E-state index contributed by atoms with van der Waals surface area (Å²) in [5, 5.41) is 0. The zero-order valence-corrected chi connectivity index (χ0v) is 13.9. The van der Waals surface area contributed by atoms with E-state index in [2.05, 4.69) is 26.6 Å². The van der Waals surface area contributed by atoms with Gasteiger partial charge in [-0.3, -0.25) is 4.57 Å². The van der Waals surface area contributed by atoms with E-state index in [1.165, 1.54) is 0 Å². The van der Waals surface area contributed by atoms with E-state index in [1.54, 1.807) is 7.11 Å². The normalized spacial score (nSPS) is 11.0. The van der Waals surface area contributed by atoms with Crippen LogP contribution in [-0.2, 0) is 6.42 Å². The summed E-state index contributed by atoms with van der Waals surface area (Å²) in [6.07, 6.45) is 0.722. The summed E-state index contributed by atoms with van der Waals surface area (Å²) in [7, 11) is 1.66. The standard InChI is InChI=1S/C16H14BrClN2O/c1-21-13-5-3-12(4-6-13)20-15-7-2-11(17)10-14(15)19-16(20)8-9-18/h2-7,10H,8-9H2,1H3. The number of aryl methyl sites for hydroxylation is 1. The summed E-state index contributed by atoms with van der Waals surface area (Å²) < 4.78 is 8.38. The van der Waals surface area contributed by atoms with Crippen LogP contribution in [-0.4, -0.2) is 22.5 Å². The van der Waals surface area contributed by atoms with Gasteiger partial charge in [-0.05, 0) is 42.5 Å². The molecule has 5 heteroatoms. The highest BCUT2D eigenvalue weighted by atomic mass is 79.9. The van der Waals surface area contributed by atoms with Crippen molar-refractivity contribution >= 4 is 38.6 Å². The second kappa shape index (κ2) is 6.08. The number of ether oxygens (including phenoxy) is 1. The lowest BCUT2D eigenvalue weighted by molar-refractivity contribution is 0.414. The van der Waals surface area contributed by atoms with Gasteiger partial charge in [0, 0.05) is 22.5 Å². The maximum absolute atomic E-state index is 5.92. The van der Waals surface area contributed by atoms with Gasteiger partial charge in [-0.1, -0.05) is 15.9 Å². The third-order valence-electron chi connectivity index (χ3n) is 3.33. The topological polar surface area (TPSA) is 27.1 Å². The van der Waals surface area contributed by atoms with Gasteiger partial charge in [0.15, 0.2) is 0 Å². The van der Waals surface area contributed by atoms with Crippen molar-refractivity contribution in [3.8, 4) is 11.4 Å². The molecular formula is C16H14BrClN2O. The molecule has 108 valence electrons. The number of methoxy groups -OCH3 is 1. The van der Waals surface area contributed by atoms with E-state index in [0.717, 1.165) is 39.2 Å². The number of alkyl halides is 1. The first-order chi connectivity index (χ1) is 10.2. The molecule has 0 atom stereocenters. The lowest BCUT2D eigenvalue weighted by atomic mass is 10.2. The fraction of sp³-hybridized carbons (Fsp3) is 0.188. The average molecular weight is 366 g/mol. The van der Waals surface area contributed by atoms with Crippen LogP contribution in [0, 0.1) is 0 Å². The van der Waals surface area contributed by atoms with Gasteiger partial charge in [-0.15, -0.1) is 11.6 Å². The van der Waals surface area contributed by atoms with Crippen molar-refractivity contribution < 1.29 is 4.74 Å². The fourth-order valence-corrected chi connectivity index (χ4v) is 2.89. The number of nitrogens with zero attached hydrogens (tertiary/aromatic N) is 2. The van der Waals surface area contributed by atoms with E-state index in [4.69, 9.17) is 21.3 Å². The molecule has 0 N–H and O–H groups in total. The molecule has 0 saturated carbocycles. The summed E-state index contributed by atoms with van der Waals surface area (Å²) in [5.41, 5.74) is 3.09. The van der Waals surface area contributed by atoms with E-state index in [-0.39, 0.29) is 0 Å². The number of fused-ring (bicyclic) bond motifs is 1. The van der Waals surface area contributed by atoms with Gasteiger partial charge in [0.05, 0.1) is 18.1 Å². The molecule has 3 nitrogen and oxygen atoms in total. The minimum atomic E-state index is 0.542. The van der Waals surface area contributed by atoms with Crippen LogP contribution in [0.2, 0.25) is 0 Å². The number of hydrogen-bond donors (Lipinski definition) is 0. The summed E-state index contributed by atoms with van der Waals surface area (Å²) in [4.78, 5) is 4.70. The minimum Gasteiger partial charge on any atom is -0.497 e. The Balaban J connectivity index is 2.20. The van der Waals surface area contributed by atoms with Crippen molar-refractivity contribution in [1.29, 1.82) is 0 Å². The third kappa shape index (κ3) is 2.78. The lowest BCUT2D eigenvalue weighted by Crippen LogP contribution is -2.02. The molecule has 1 aromatic heterocycles. The summed E-state index contributed by atoms with van der Waals surface area (Å²) in [6.45, 7) is 0. The van der Waals surface area contributed by atoms with Crippen LogP contribution in [0.4, 0.5) is 0 Å². The van der Waals surface area contributed by atoms with Crippen molar-refractivity contribution in [2.24, 2.45) is 0 Å². The molecule has 0 unspecified atom stereocenters. The minimum absolute atomic E-state index is 0.542. The lowest BCUT2D eigenvalue weighted by Gasteiger charge is -2.09. The zero-order valence-electron chi connectivity index (χ0n) is 11.5. The molecule has 1 heterocycles. The largest absolute Gasteiger partial charge is 0.497 e. The van der Waals surface area contributed by atoms with Crippen molar-refractivity contribution in [1.82, 2.24) is 9.55 Å². The van der Waals surface area contributed by atoms with Crippen LogP contribution >= 0.6 is 27.5 Å². The van der Waals surface area contributed by atoms with E-state index in [9.17, 15) is 0 Å². The molecule has 2 aromatic carbocycles. The molecule has 0 aliphatic rings. The molecule has 21 heavy (non-hydrogen) atoms. The van der Waals surface area contributed by atoms with E-state index in [0.29, 0.717) is 5.88 Å². The first kappa shape index (κ1) is 14.4. The Labute approximate surface area is 136 Å². The van der Waals surface area contributed by atoms with Gasteiger partial charge in [-0.25, -0.2) is 4.98 Å². The maximum Gasteiger partial charge on any atom is 0.119 e. The average Bonchev–Trinajstić information content (AvgIpc) is 2.85. The van der Waals surface area contributed by atoms with E-state index < -0.39 is 0 Å². The zero-order chi connectivity index (χ0) is 14.8. The number of imidazole rings is 1. The number of aromatic nitrogens is 2. The van der Waals surface area contributed by atoms with Crippen LogP contribution in [0.15, 0.2) is 46.9 Å². The third-order valence-corrected chi connectivity index (χ3v) is 4.02. The highest BCUT2D eigenvalue weighted by Crippen LogP contribution is 2.26. The van der Waals surface area contributed by atoms with Gasteiger partial charge in [0.25, 0.3) is 0 Å². The molecule has 0 bridgehead atoms. The Morgan fingerprint density at radius 3 is 2.62 bits per heavy atom. The molecule has 0 amide bonds. The van der Waals surface area contributed by atoms with Crippen LogP contribution in [0.25, 0.3) is 16.7 Å². The van der Waals surface area contributed by atoms with Gasteiger partial charge in [0.2, 0.25) is 0 Å². The summed E-state index contributed by atoms with van der Waals surface area (Å²) in [5.74, 6) is 2.34. The highest BCUT2D eigenvalue weighted by Gasteiger charge is 2.12. The van der Waals surface area contributed by atoms with E-state index in [1.807, 2.05) is 36.4 Å². The van der Waals surface area contributed by atoms with Gasteiger partial charge < -0.3 is 4.74 Å². The van der Waals surface area contributed by atoms with Crippen molar-refractivity contribution in [2.45, 2.75) is 6.42 Å². The first-order valence-corrected chi connectivity index (χ1v) is 7.93. The number of benzene rings is 2. The monoisotopic (exact) mass is 364 g/mol. The smallest absolute Gasteiger partial charge is 0.119 e. The molecule has 0 aliphatic carbocycles. The maximum atomic E-state index is 5.92. The van der Waals surface area contributed by atoms with Crippen LogP contribution in [0.3, 0.4) is 0 Å². The van der Waals surface area contributed by atoms with Crippen molar-refractivity contribution in [3.05, 3.63) is 52.8 Å². The Morgan fingerprint density at radius 2 is 1.95 bits per heavy atom. The molecular weight excluding hydrogens is 352 g/mol. The van der Waals surface area contributed by atoms with Crippen molar-refractivity contribution in [2.75, 3.05) is 13.0 Å². The molecule has 0 fully saturated rings. The SMILES string of the molecule is COc1ccc(-n2c(CCCl)nc3cc(Br)ccc32)cc1. The molecule has 3 rings (SSSR count). The van der Waals surface area contributed by atoms with Gasteiger partial charge >= 0.3 is 0 Å².